The van der Waals surface area contributed by atoms with E-state index in [1.165, 1.54) is 19.1 Å². The maximum Gasteiger partial charge on any atom is 0.388 e. The highest BCUT2D eigenvalue weighted by Gasteiger charge is 2.14. The van der Waals surface area contributed by atoms with Gasteiger partial charge in [0.05, 0.1) is 27.9 Å². The summed E-state index contributed by atoms with van der Waals surface area (Å²) < 4.78 is 0. The van der Waals surface area contributed by atoms with Crippen LogP contribution in [-0.4, -0.2) is 5.91 Å². The van der Waals surface area contributed by atoms with Crippen LogP contribution >= 0.6 is 23.2 Å². The van der Waals surface area contributed by atoms with Crippen LogP contribution in [0.25, 0.3) is 4.98 Å². The molecule has 0 aliphatic heterocycles. The first-order valence-electron chi connectivity index (χ1n) is 3.66. The second-order valence-electron chi connectivity index (χ2n) is 2.57. The van der Waals surface area contributed by atoms with E-state index in [-0.39, 0.29) is 21.6 Å². The lowest BCUT2D eigenvalue weighted by atomic mass is 10.3. The lowest BCUT2D eigenvalue weighted by Gasteiger charge is -2.04. The summed E-state index contributed by atoms with van der Waals surface area (Å²) in [5.41, 5.74) is 0.544. The van der Waals surface area contributed by atoms with Crippen LogP contribution in [0, 0.1) is 5.39 Å². The zero-order chi connectivity index (χ0) is 10.7. The number of amides is 1. The molecule has 0 aromatic heterocycles. The second-order valence-corrected chi connectivity index (χ2v) is 3.38. The molecule has 1 aromatic rings. The van der Waals surface area contributed by atoms with E-state index in [1.807, 2.05) is 0 Å². The molecule has 0 atom stereocenters. The van der Waals surface area contributed by atoms with Gasteiger partial charge in [0.1, 0.15) is 0 Å². The Morgan fingerprint density at radius 3 is 2.29 bits per heavy atom. The number of nitrogens with one attached hydrogen (secondary N) is 1. The minimum absolute atomic E-state index is 0.223. The summed E-state index contributed by atoms with van der Waals surface area (Å²) in [5, 5.41) is 11.4. The Hall–Kier alpha value is -1.31. The molecule has 0 fully saturated rings. The molecule has 0 spiro atoms. The van der Waals surface area contributed by atoms with Gasteiger partial charge in [0, 0.05) is 6.92 Å². The Morgan fingerprint density at radius 1 is 1.43 bits per heavy atom. The smallest absolute Gasteiger partial charge is 0.324 e. The molecule has 1 amide bonds. The zero-order valence-corrected chi connectivity index (χ0v) is 8.73. The highest BCUT2D eigenvalue weighted by Crippen LogP contribution is 2.34. The highest BCUT2D eigenvalue weighted by molar-refractivity contribution is 6.40. The number of carbonyl (C=O) groups is 1. The van der Waals surface area contributed by atoms with Gasteiger partial charge in [-0.3, -0.25) is 4.79 Å². The van der Waals surface area contributed by atoms with E-state index < -0.39 is 0 Å². The van der Waals surface area contributed by atoms with E-state index in [0.717, 1.165) is 0 Å². The van der Waals surface area contributed by atoms with Gasteiger partial charge >= 0.3 is 5.69 Å². The molecule has 1 aromatic carbocycles. The van der Waals surface area contributed by atoms with Crippen LogP contribution in [0.4, 0.5) is 11.4 Å². The fourth-order valence-electron chi connectivity index (χ4n) is 0.913. The van der Waals surface area contributed by atoms with Gasteiger partial charge in [-0.25, -0.2) is 0 Å². The van der Waals surface area contributed by atoms with Crippen molar-refractivity contribution in [3.05, 3.63) is 27.2 Å². The Bertz CT molecular complexity index is 402. The fourth-order valence-corrected chi connectivity index (χ4v) is 1.48. The standard InChI is InChI=1S/C8H5Cl2N3O/c1-4(14)12-8-6(9)2-5(13-11)3-7(8)10/h2-3H,1H3/p+1. The second kappa shape index (κ2) is 4.27. The molecule has 14 heavy (non-hydrogen) atoms. The van der Waals surface area contributed by atoms with Gasteiger partial charge in [0.2, 0.25) is 11.3 Å². The topological polar surface area (TPSA) is 57.2 Å². The average Bonchev–Trinajstić information content (AvgIpc) is 2.10. The Balaban J connectivity index is 3.19. The predicted molar refractivity (Wildman–Crippen MR) is 55.5 cm³/mol. The first kappa shape index (κ1) is 10.8. The molecule has 0 unspecified atom stereocenters. The minimum atomic E-state index is -0.275. The molecule has 0 saturated heterocycles. The van der Waals surface area contributed by atoms with Crippen LogP contribution in [0.2, 0.25) is 10.0 Å². The number of benzene rings is 1. The number of nitrogens with zero attached hydrogens (tertiary/aromatic N) is 2. The number of anilines is 1. The molecule has 4 nitrogen and oxygen atoms in total. The van der Waals surface area contributed by atoms with Crippen molar-refractivity contribution in [1.82, 2.24) is 0 Å². The molecule has 0 radical (unpaired) electrons. The van der Waals surface area contributed by atoms with Crippen molar-refractivity contribution in [2.75, 3.05) is 5.32 Å². The zero-order valence-electron chi connectivity index (χ0n) is 7.21. The Morgan fingerprint density at radius 2 is 1.93 bits per heavy atom. The van der Waals surface area contributed by atoms with Gasteiger partial charge in [-0.15, -0.1) is 0 Å². The van der Waals surface area contributed by atoms with E-state index in [4.69, 9.17) is 28.6 Å². The summed E-state index contributed by atoms with van der Waals surface area (Å²) in [6.07, 6.45) is 0. The molecule has 1 rings (SSSR count). The third-order valence-corrected chi connectivity index (χ3v) is 2.04. The van der Waals surface area contributed by atoms with Gasteiger partial charge in [0.15, 0.2) is 4.98 Å². The number of rotatable bonds is 1. The Kier molecular flexibility index (Phi) is 3.28. The largest absolute Gasteiger partial charge is 0.388 e. The highest BCUT2D eigenvalue weighted by atomic mass is 35.5. The molecule has 1 N–H and O–H groups in total. The van der Waals surface area contributed by atoms with Crippen LogP contribution in [0.1, 0.15) is 6.92 Å². The molecule has 0 aliphatic rings. The molecular weight excluding hydrogens is 225 g/mol. The lowest BCUT2D eigenvalue weighted by Crippen LogP contribution is -2.06. The fraction of sp³-hybridized carbons (Fsp3) is 0.125. The summed E-state index contributed by atoms with van der Waals surface area (Å²) in [6.45, 7) is 1.34. The third kappa shape index (κ3) is 2.34. The Labute approximate surface area is 90.4 Å². The normalized spacial score (nSPS) is 9.29. The maximum absolute atomic E-state index is 10.8. The lowest BCUT2D eigenvalue weighted by molar-refractivity contribution is -0.114. The molecule has 0 aliphatic carbocycles. The molecule has 0 saturated carbocycles. The summed E-state index contributed by atoms with van der Waals surface area (Å²) in [7, 11) is 0. The quantitative estimate of drug-likeness (QED) is 0.752. The number of hydrogen-bond donors (Lipinski definition) is 1. The van der Waals surface area contributed by atoms with Crippen molar-refractivity contribution >= 4 is 40.5 Å². The number of carbonyl (C=O) groups excluding carboxylic acids is 1. The summed E-state index contributed by atoms with van der Waals surface area (Å²) in [4.78, 5) is 13.7. The van der Waals surface area contributed by atoms with E-state index in [9.17, 15) is 4.79 Å². The van der Waals surface area contributed by atoms with Gasteiger partial charge in [-0.2, -0.15) is 0 Å². The van der Waals surface area contributed by atoms with Crippen molar-refractivity contribution in [2.45, 2.75) is 6.92 Å². The van der Waals surface area contributed by atoms with Crippen LogP contribution in [0.5, 0.6) is 0 Å². The van der Waals surface area contributed by atoms with Crippen LogP contribution in [0.3, 0.4) is 0 Å². The number of diazo groups is 1. The van der Waals surface area contributed by atoms with E-state index in [0.29, 0.717) is 5.69 Å². The number of halogens is 2. The predicted octanol–water partition coefficient (Wildman–Crippen LogP) is 3.44. The monoisotopic (exact) mass is 230 g/mol. The van der Waals surface area contributed by atoms with E-state index >= 15 is 0 Å². The van der Waals surface area contributed by atoms with Crippen LogP contribution < -0.4 is 5.32 Å². The van der Waals surface area contributed by atoms with E-state index in [2.05, 4.69) is 10.3 Å². The van der Waals surface area contributed by atoms with Crippen molar-refractivity contribution < 1.29 is 4.79 Å². The third-order valence-electron chi connectivity index (χ3n) is 1.44. The van der Waals surface area contributed by atoms with Gasteiger partial charge in [-0.05, 0) is 0 Å². The van der Waals surface area contributed by atoms with Crippen molar-refractivity contribution in [3.63, 3.8) is 0 Å². The van der Waals surface area contributed by atoms with Crippen LogP contribution in [0.15, 0.2) is 12.1 Å². The van der Waals surface area contributed by atoms with Gasteiger partial charge < -0.3 is 5.32 Å². The molecule has 6 heteroatoms. The summed E-state index contributed by atoms with van der Waals surface area (Å²) in [5.74, 6) is -0.275. The SMILES string of the molecule is CC(=O)Nc1c(Cl)cc([N+]#N)cc1Cl. The molecule has 72 valence electrons. The molecular formula is C8H6Cl2N3O+. The van der Waals surface area contributed by atoms with Gasteiger partial charge in [0.25, 0.3) is 0 Å². The van der Waals surface area contributed by atoms with E-state index in [1.54, 1.807) is 0 Å². The molecule has 0 bridgehead atoms. The van der Waals surface area contributed by atoms with Crippen LogP contribution in [-0.2, 0) is 4.79 Å². The van der Waals surface area contributed by atoms with Crippen molar-refractivity contribution in [3.8, 4) is 0 Å². The first-order chi connectivity index (χ1) is 6.54. The summed E-state index contributed by atoms with van der Waals surface area (Å²) >= 11 is 11.6. The van der Waals surface area contributed by atoms with Crippen molar-refractivity contribution in [2.24, 2.45) is 0 Å². The minimum Gasteiger partial charge on any atom is -0.324 e. The van der Waals surface area contributed by atoms with Crippen molar-refractivity contribution in [1.29, 1.82) is 5.39 Å². The number of hydrogen-bond acceptors (Lipinski definition) is 2. The maximum atomic E-state index is 10.8. The average molecular weight is 231 g/mol. The first-order valence-corrected chi connectivity index (χ1v) is 4.42. The molecule has 0 heterocycles. The van der Waals surface area contributed by atoms with Gasteiger partial charge in [-0.1, -0.05) is 23.2 Å². The summed E-state index contributed by atoms with van der Waals surface area (Å²) in [6, 6.07) is 2.78.